The van der Waals surface area contributed by atoms with Crippen molar-refractivity contribution in [3.05, 3.63) is 35.4 Å². The van der Waals surface area contributed by atoms with Crippen LogP contribution in [0.25, 0.3) is 0 Å². The van der Waals surface area contributed by atoms with Crippen molar-refractivity contribution in [2.24, 2.45) is 9.98 Å². The molecule has 2 aliphatic heterocycles. The van der Waals surface area contributed by atoms with Crippen molar-refractivity contribution in [3.63, 3.8) is 0 Å². The fraction of sp³-hybridized carbons (Fsp3) is 0.500. The lowest BCUT2D eigenvalue weighted by atomic mass is 10.0. The molecule has 1 aromatic rings. The van der Waals surface area contributed by atoms with E-state index in [9.17, 15) is 9.59 Å². The first kappa shape index (κ1) is 18.3. The van der Waals surface area contributed by atoms with Crippen LogP contribution >= 0.6 is 0 Å². The molecule has 3 rings (SSSR count). The van der Waals surface area contributed by atoms with Gasteiger partial charge in [-0.25, -0.2) is 0 Å². The summed E-state index contributed by atoms with van der Waals surface area (Å²) in [6.45, 7) is 8.16. The molecule has 26 heavy (non-hydrogen) atoms. The van der Waals surface area contributed by atoms with Crippen molar-refractivity contribution in [3.8, 4) is 0 Å². The van der Waals surface area contributed by atoms with Gasteiger partial charge in [0, 0.05) is 12.8 Å². The predicted molar refractivity (Wildman–Crippen MR) is 103 cm³/mol. The van der Waals surface area contributed by atoms with Gasteiger partial charge in [0.25, 0.3) is 11.8 Å². The summed E-state index contributed by atoms with van der Waals surface area (Å²) in [5, 5.41) is 5.71. The van der Waals surface area contributed by atoms with E-state index in [-0.39, 0.29) is 22.9 Å². The zero-order valence-electron chi connectivity index (χ0n) is 15.8. The summed E-state index contributed by atoms with van der Waals surface area (Å²) >= 11 is 0. The molecule has 0 saturated carbocycles. The molecule has 1 aromatic carbocycles. The van der Waals surface area contributed by atoms with Gasteiger partial charge in [-0.15, -0.1) is 0 Å². The summed E-state index contributed by atoms with van der Waals surface area (Å²) in [6.07, 6.45) is 3.28. The smallest absolute Gasteiger partial charge is 0.257 e. The minimum Gasteiger partial charge on any atom is -0.310 e. The van der Waals surface area contributed by atoms with Gasteiger partial charge in [-0.2, -0.15) is 0 Å². The molecule has 2 N–H and O–H groups in total. The minimum atomic E-state index is -0.305. The predicted octanol–water partition coefficient (Wildman–Crippen LogP) is 3.09. The van der Waals surface area contributed by atoms with Crippen molar-refractivity contribution >= 4 is 23.5 Å². The van der Waals surface area contributed by atoms with Crippen LogP contribution in [0, 0.1) is 0 Å². The SMILES string of the molecule is CC1(C)CCC(NC(=O)c2ccccc2C(=O)NC2=NC(C)(C)CC2)=N1. The third-order valence-corrected chi connectivity index (χ3v) is 4.75. The molecule has 0 spiro atoms. The number of hydrogen-bond donors (Lipinski definition) is 2. The zero-order chi connectivity index (χ0) is 18.9. The van der Waals surface area contributed by atoms with Gasteiger partial charge >= 0.3 is 0 Å². The molecule has 2 aliphatic rings. The highest BCUT2D eigenvalue weighted by molar-refractivity contribution is 6.15. The molecule has 6 heteroatoms. The van der Waals surface area contributed by atoms with Crippen LogP contribution in [0.2, 0.25) is 0 Å². The molecule has 2 amide bonds. The van der Waals surface area contributed by atoms with Crippen molar-refractivity contribution in [1.82, 2.24) is 10.6 Å². The number of rotatable bonds is 2. The summed E-state index contributed by atoms with van der Waals surface area (Å²) in [6, 6.07) is 6.82. The van der Waals surface area contributed by atoms with Crippen molar-refractivity contribution in [2.75, 3.05) is 0 Å². The first-order chi connectivity index (χ1) is 12.2. The molecule has 0 unspecified atom stereocenters. The van der Waals surface area contributed by atoms with Crippen LogP contribution in [-0.2, 0) is 0 Å². The van der Waals surface area contributed by atoms with Gasteiger partial charge < -0.3 is 10.6 Å². The minimum absolute atomic E-state index is 0.146. The molecule has 0 aliphatic carbocycles. The van der Waals surface area contributed by atoms with E-state index >= 15 is 0 Å². The van der Waals surface area contributed by atoms with E-state index in [2.05, 4.69) is 20.6 Å². The molecule has 2 heterocycles. The number of aliphatic imine (C=N–C) groups is 2. The maximum absolute atomic E-state index is 12.7. The Kier molecular flexibility index (Phi) is 4.69. The lowest BCUT2D eigenvalue weighted by Crippen LogP contribution is -2.34. The number of carbonyl (C=O) groups excluding carboxylic acids is 2. The Morgan fingerprint density at radius 2 is 1.19 bits per heavy atom. The lowest BCUT2D eigenvalue weighted by Gasteiger charge is -2.12. The fourth-order valence-electron chi connectivity index (χ4n) is 3.26. The molecule has 138 valence electrons. The van der Waals surface area contributed by atoms with Gasteiger partial charge in [-0.3, -0.25) is 19.6 Å². The van der Waals surface area contributed by atoms with Crippen LogP contribution < -0.4 is 10.6 Å². The van der Waals surface area contributed by atoms with Crippen molar-refractivity contribution in [1.29, 1.82) is 0 Å². The van der Waals surface area contributed by atoms with Crippen LogP contribution in [0.4, 0.5) is 0 Å². The van der Waals surface area contributed by atoms with E-state index in [1.54, 1.807) is 24.3 Å². The normalized spacial score (nSPS) is 20.3. The molecular weight excluding hydrogens is 328 g/mol. The molecule has 6 nitrogen and oxygen atoms in total. The lowest BCUT2D eigenvalue weighted by molar-refractivity contribution is 0.0942. The van der Waals surface area contributed by atoms with Gasteiger partial charge in [0.1, 0.15) is 11.7 Å². The van der Waals surface area contributed by atoms with E-state index in [4.69, 9.17) is 0 Å². The van der Waals surface area contributed by atoms with Gasteiger partial charge in [0.05, 0.1) is 22.2 Å². The Bertz CT molecular complexity index is 739. The van der Waals surface area contributed by atoms with E-state index in [0.29, 0.717) is 22.8 Å². The Labute approximate surface area is 154 Å². The van der Waals surface area contributed by atoms with Crippen molar-refractivity contribution < 1.29 is 9.59 Å². The number of amidine groups is 2. The van der Waals surface area contributed by atoms with Crippen LogP contribution in [0.15, 0.2) is 34.3 Å². The number of nitrogens with one attached hydrogen (secondary N) is 2. The van der Waals surface area contributed by atoms with E-state index in [1.165, 1.54) is 0 Å². The fourth-order valence-corrected chi connectivity index (χ4v) is 3.26. The number of hydrogen-bond acceptors (Lipinski definition) is 4. The number of carbonyl (C=O) groups is 2. The van der Waals surface area contributed by atoms with Gasteiger partial charge in [-0.05, 0) is 52.7 Å². The van der Waals surface area contributed by atoms with Gasteiger partial charge in [-0.1, -0.05) is 12.1 Å². The Hall–Kier alpha value is -2.50. The Balaban J connectivity index is 1.76. The van der Waals surface area contributed by atoms with Crippen LogP contribution in [0.1, 0.15) is 74.1 Å². The average Bonchev–Trinajstić information content (AvgIpc) is 3.08. The Morgan fingerprint density at radius 1 is 0.808 bits per heavy atom. The zero-order valence-corrected chi connectivity index (χ0v) is 15.8. The molecule has 0 aromatic heterocycles. The number of amides is 2. The molecular formula is C20H26N4O2. The molecule has 0 radical (unpaired) electrons. The molecule has 0 atom stereocenters. The topological polar surface area (TPSA) is 82.9 Å². The van der Waals surface area contributed by atoms with Crippen LogP contribution in [0.3, 0.4) is 0 Å². The number of nitrogens with zero attached hydrogens (tertiary/aromatic N) is 2. The third-order valence-electron chi connectivity index (χ3n) is 4.75. The number of benzene rings is 1. The van der Waals surface area contributed by atoms with E-state index in [1.807, 2.05) is 27.7 Å². The Morgan fingerprint density at radius 3 is 1.50 bits per heavy atom. The summed E-state index contributed by atoms with van der Waals surface area (Å²) in [7, 11) is 0. The second-order valence-corrected chi connectivity index (χ2v) is 8.20. The summed E-state index contributed by atoms with van der Waals surface area (Å²) in [5.74, 6) is 0.746. The average molecular weight is 354 g/mol. The van der Waals surface area contributed by atoms with Gasteiger partial charge in [0.2, 0.25) is 0 Å². The quantitative estimate of drug-likeness (QED) is 0.855. The summed E-state index contributed by atoms with van der Waals surface area (Å²) in [5.41, 5.74) is 0.394. The molecule has 0 fully saturated rings. The van der Waals surface area contributed by atoms with Gasteiger partial charge in [0.15, 0.2) is 0 Å². The first-order valence-corrected chi connectivity index (χ1v) is 9.04. The maximum atomic E-state index is 12.7. The molecule has 0 saturated heterocycles. The highest BCUT2D eigenvalue weighted by atomic mass is 16.2. The monoisotopic (exact) mass is 354 g/mol. The maximum Gasteiger partial charge on any atom is 0.257 e. The third kappa shape index (κ3) is 4.18. The standard InChI is InChI=1S/C20H26N4O2/c1-19(2)11-9-15(23-19)21-17(25)13-7-5-6-8-14(13)18(26)22-16-10-12-20(3,4)24-16/h5-8H,9-12H2,1-4H3,(H,21,23,25)(H,22,24,26). The summed E-state index contributed by atoms with van der Waals surface area (Å²) in [4.78, 5) is 34.4. The van der Waals surface area contributed by atoms with Crippen molar-refractivity contribution in [2.45, 2.75) is 64.5 Å². The highest BCUT2D eigenvalue weighted by Gasteiger charge is 2.28. The second kappa shape index (κ2) is 6.67. The van der Waals surface area contributed by atoms with Crippen LogP contribution in [-0.4, -0.2) is 34.6 Å². The van der Waals surface area contributed by atoms with E-state index in [0.717, 1.165) is 25.7 Å². The van der Waals surface area contributed by atoms with Crippen LogP contribution in [0.5, 0.6) is 0 Å². The largest absolute Gasteiger partial charge is 0.310 e. The second-order valence-electron chi connectivity index (χ2n) is 8.20. The first-order valence-electron chi connectivity index (χ1n) is 9.04. The highest BCUT2D eigenvalue weighted by Crippen LogP contribution is 2.25. The van der Waals surface area contributed by atoms with E-state index < -0.39 is 0 Å². The molecule has 0 bridgehead atoms. The summed E-state index contributed by atoms with van der Waals surface area (Å²) < 4.78 is 0.